The normalized spacial score (nSPS) is 17.7. The van der Waals surface area contributed by atoms with E-state index in [4.69, 9.17) is 9.47 Å². The average Bonchev–Trinajstić information content (AvgIpc) is 3.73. The number of fused-ring (bicyclic) bond motifs is 1. The van der Waals surface area contributed by atoms with Gasteiger partial charge in [-0.05, 0) is 0 Å². The van der Waals surface area contributed by atoms with Crippen LogP contribution in [0.15, 0.2) is 60.9 Å². The van der Waals surface area contributed by atoms with Gasteiger partial charge in [-0.15, -0.1) is 0 Å². The summed E-state index contributed by atoms with van der Waals surface area (Å²) in [5.41, 5.74) is 2.01. The predicted octanol–water partition coefficient (Wildman–Crippen LogP) is 3.07. The van der Waals surface area contributed by atoms with Gasteiger partial charge in [0.25, 0.3) is 0 Å². The summed E-state index contributed by atoms with van der Waals surface area (Å²) >= 11 is -1.10. The van der Waals surface area contributed by atoms with Crippen LogP contribution in [-0.2, 0) is 9.53 Å². The van der Waals surface area contributed by atoms with Crippen molar-refractivity contribution in [3.05, 3.63) is 66.5 Å². The van der Waals surface area contributed by atoms with Gasteiger partial charge in [0.1, 0.15) is 0 Å². The van der Waals surface area contributed by atoms with Crippen molar-refractivity contribution in [2.75, 3.05) is 44.8 Å². The Morgan fingerprint density at radius 1 is 1.22 bits per heavy atom. The van der Waals surface area contributed by atoms with Crippen LogP contribution < -0.4 is 14.4 Å². The first kappa shape index (κ1) is 24.9. The molecular weight excluding hydrogens is 515 g/mol. The summed E-state index contributed by atoms with van der Waals surface area (Å²) in [5.74, 6) is 2.20. The number of carbonyl (C=O) groups excluding carboxylic acids is 1. The van der Waals surface area contributed by atoms with Crippen LogP contribution >= 0.6 is 0 Å². The van der Waals surface area contributed by atoms with Crippen LogP contribution in [0.4, 0.5) is 5.82 Å². The molecule has 1 saturated carbocycles. The second kappa shape index (κ2) is 12.0. The Labute approximate surface area is 219 Å². The van der Waals surface area contributed by atoms with Crippen LogP contribution in [-0.4, -0.2) is 74.6 Å². The number of allylic oxidation sites excluding steroid dienone is 1. The molecule has 1 aliphatic heterocycles. The van der Waals surface area contributed by atoms with Crippen molar-refractivity contribution in [1.82, 2.24) is 14.9 Å². The van der Waals surface area contributed by atoms with Crippen LogP contribution in [0.1, 0.15) is 31.4 Å². The molecule has 7 nitrogen and oxygen atoms in total. The number of nitrogens with zero attached hydrogens (tertiary/aromatic N) is 3. The molecule has 1 unspecified atom stereocenters. The van der Waals surface area contributed by atoms with Crippen LogP contribution in [0, 0.1) is 5.92 Å². The number of morpholine rings is 1. The van der Waals surface area contributed by atoms with E-state index in [9.17, 15) is 4.79 Å². The molecule has 1 N–H and O–H groups in total. The van der Waals surface area contributed by atoms with Crippen LogP contribution in [0.3, 0.4) is 0 Å². The summed E-state index contributed by atoms with van der Waals surface area (Å²) < 4.78 is 12.8. The number of aromatic nitrogens is 2. The summed E-state index contributed by atoms with van der Waals surface area (Å²) in [7, 11) is 0. The minimum absolute atomic E-state index is 0.0827. The number of rotatable bonds is 11. The maximum atomic E-state index is 13.0. The Morgan fingerprint density at radius 3 is 2.81 bits per heavy atom. The molecule has 2 fully saturated rings. The van der Waals surface area contributed by atoms with Gasteiger partial charge in [-0.2, -0.15) is 0 Å². The first-order valence-corrected chi connectivity index (χ1v) is 14.8. The predicted molar refractivity (Wildman–Crippen MR) is 144 cm³/mol. The number of hydrogen-bond donors (Lipinski definition) is 1. The number of ether oxygens (including phenoxy) is 2. The first-order valence-electron chi connectivity index (χ1n) is 12.7. The second-order valence-electron chi connectivity index (χ2n) is 9.42. The number of benzene rings is 2. The van der Waals surface area contributed by atoms with Crippen molar-refractivity contribution < 1.29 is 14.3 Å². The quantitative estimate of drug-likeness (QED) is 0.292. The van der Waals surface area contributed by atoms with Gasteiger partial charge in [-0.3, -0.25) is 0 Å². The van der Waals surface area contributed by atoms with Crippen molar-refractivity contribution in [3.63, 3.8) is 0 Å². The number of carbonyl (C=O) groups is 1. The molecule has 0 radical (unpaired) electrons. The molecule has 3 aromatic rings. The zero-order valence-electron chi connectivity index (χ0n) is 20.7. The van der Waals surface area contributed by atoms with Crippen LogP contribution in [0.5, 0.6) is 5.75 Å². The SMILES string of the molecule is C[C@@H](Nc1ncnc2cc(OCC3CC3)c([AsH]C(=O)/C=C/CN3CCOCC3)cc12)c1ccccc1. The van der Waals surface area contributed by atoms with E-state index in [0.29, 0.717) is 12.5 Å². The van der Waals surface area contributed by atoms with Crippen molar-refractivity contribution in [3.8, 4) is 5.75 Å². The van der Waals surface area contributed by atoms with Gasteiger partial charge in [-0.25, -0.2) is 0 Å². The molecule has 2 heterocycles. The Morgan fingerprint density at radius 2 is 2.03 bits per heavy atom. The Hall–Kier alpha value is -2.73. The van der Waals surface area contributed by atoms with E-state index < -0.39 is 15.8 Å². The Bertz CT molecular complexity index is 1210. The number of anilines is 1. The minimum atomic E-state index is -1.10. The van der Waals surface area contributed by atoms with E-state index in [2.05, 4.69) is 45.3 Å². The summed E-state index contributed by atoms with van der Waals surface area (Å²) in [6.07, 6.45) is 7.76. The third-order valence-electron chi connectivity index (χ3n) is 6.56. The summed E-state index contributed by atoms with van der Waals surface area (Å²) in [6.45, 7) is 6.95. The van der Waals surface area contributed by atoms with Crippen LogP contribution in [0.25, 0.3) is 10.9 Å². The Kier molecular flexibility index (Phi) is 8.32. The summed E-state index contributed by atoms with van der Waals surface area (Å²) in [5, 5.41) is 4.46. The van der Waals surface area contributed by atoms with Gasteiger partial charge < -0.3 is 0 Å². The van der Waals surface area contributed by atoms with Gasteiger partial charge in [-0.1, -0.05) is 0 Å². The molecule has 36 heavy (non-hydrogen) atoms. The molecule has 0 bridgehead atoms. The standard InChI is InChI=1S/C28H33AsN4O3/c1-20(22-6-3-2-4-7-22)32-28-23-16-24(29-27(34)8-5-11-33-12-14-35-15-13-33)26(36-18-21-9-10-21)17-25(23)30-19-31-28/h2-8,16-17,19-21,29H,9-15,18H2,1H3,(H,30,31,32)/b8-5+/t20-/m1/s1. The molecule has 2 atom stereocenters. The van der Waals surface area contributed by atoms with Gasteiger partial charge in [0.15, 0.2) is 0 Å². The van der Waals surface area contributed by atoms with Gasteiger partial charge in [0.05, 0.1) is 0 Å². The van der Waals surface area contributed by atoms with Crippen molar-refractivity contribution in [2.24, 2.45) is 5.92 Å². The Balaban J connectivity index is 1.36. The fraction of sp³-hybridized carbons (Fsp3) is 0.393. The van der Waals surface area contributed by atoms with Gasteiger partial charge in [0, 0.05) is 0 Å². The molecule has 1 aliphatic carbocycles. The fourth-order valence-electron chi connectivity index (χ4n) is 4.21. The zero-order chi connectivity index (χ0) is 24.7. The summed E-state index contributed by atoms with van der Waals surface area (Å²) in [6, 6.07) is 14.4. The van der Waals surface area contributed by atoms with E-state index in [1.165, 1.54) is 18.4 Å². The zero-order valence-corrected chi connectivity index (χ0v) is 22.7. The second-order valence-corrected chi connectivity index (χ2v) is 12.1. The van der Waals surface area contributed by atoms with Gasteiger partial charge >= 0.3 is 219 Å². The van der Waals surface area contributed by atoms with Gasteiger partial charge in [0.2, 0.25) is 0 Å². The van der Waals surface area contributed by atoms with Crippen molar-refractivity contribution in [1.29, 1.82) is 0 Å². The molecule has 1 aromatic heterocycles. The molecule has 8 heteroatoms. The molecule has 5 rings (SSSR count). The molecule has 0 spiro atoms. The number of hydrogen-bond acceptors (Lipinski definition) is 7. The first-order chi connectivity index (χ1) is 17.7. The maximum absolute atomic E-state index is 13.0. The fourth-order valence-corrected chi connectivity index (χ4v) is 6.20. The molecule has 1 saturated heterocycles. The van der Waals surface area contributed by atoms with E-state index in [0.717, 1.165) is 59.7 Å². The van der Waals surface area contributed by atoms with E-state index in [-0.39, 0.29) is 10.6 Å². The molecule has 188 valence electrons. The van der Waals surface area contributed by atoms with Crippen LogP contribution in [0.2, 0.25) is 0 Å². The van der Waals surface area contributed by atoms with E-state index in [1.54, 1.807) is 12.4 Å². The van der Waals surface area contributed by atoms with E-state index in [1.807, 2.05) is 30.3 Å². The molecular formula is C28H33AsN4O3. The molecule has 2 aliphatic rings. The van der Waals surface area contributed by atoms with Crippen molar-refractivity contribution >= 4 is 41.4 Å². The summed E-state index contributed by atoms with van der Waals surface area (Å²) in [4.78, 5) is 24.3. The van der Waals surface area contributed by atoms with E-state index >= 15 is 0 Å². The van der Waals surface area contributed by atoms with Crippen molar-refractivity contribution in [2.45, 2.75) is 25.8 Å². The molecule has 0 amide bonds. The molecule has 2 aromatic carbocycles. The third-order valence-corrected chi connectivity index (χ3v) is 8.81. The topological polar surface area (TPSA) is 76.6 Å². The monoisotopic (exact) mass is 548 g/mol. The third kappa shape index (κ3) is 6.72. The average molecular weight is 549 g/mol. The number of nitrogens with one attached hydrogen (secondary N) is 1.